The zero-order chi connectivity index (χ0) is 20.3. The lowest BCUT2D eigenvalue weighted by molar-refractivity contribution is 0.143. The molecule has 1 aliphatic heterocycles. The van der Waals surface area contributed by atoms with E-state index in [0.29, 0.717) is 25.6 Å². The fraction of sp³-hybridized carbons (Fsp3) is 0.455. The van der Waals surface area contributed by atoms with Crippen molar-refractivity contribution in [3.8, 4) is 5.88 Å². The molecule has 7 nitrogen and oxygen atoms in total. The van der Waals surface area contributed by atoms with E-state index in [0.717, 1.165) is 44.2 Å². The second kappa shape index (κ2) is 11.3. The van der Waals surface area contributed by atoms with Crippen LogP contribution in [0.2, 0.25) is 0 Å². The lowest BCUT2D eigenvalue weighted by Crippen LogP contribution is -2.52. The SMILES string of the molecule is CCNC(=NCc1cccnc1OCCOC)N1CCN(c2ccccc2)CC1. The summed E-state index contributed by atoms with van der Waals surface area (Å²) in [6.07, 6.45) is 1.74. The maximum atomic E-state index is 5.73. The maximum absolute atomic E-state index is 5.73. The number of rotatable bonds is 8. The first-order chi connectivity index (χ1) is 14.3. The number of methoxy groups -OCH3 is 1. The molecule has 1 saturated heterocycles. The summed E-state index contributed by atoms with van der Waals surface area (Å²) < 4.78 is 10.8. The van der Waals surface area contributed by atoms with Crippen LogP contribution in [-0.2, 0) is 11.3 Å². The number of para-hydroxylation sites is 1. The molecular weight excluding hydrogens is 366 g/mol. The van der Waals surface area contributed by atoms with Crippen molar-refractivity contribution in [2.24, 2.45) is 4.99 Å². The number of anilines is 1. The summed E-state index contributed by atoms with van der Waals surface area (Å²) in [4.78, 5) is 13.9. The second-order valence-electron chi connectivity index (χ2n) is 6.79. The van der Waals surface area contributed by atoms with E-state index in [2.05, 4.69) is 57.4 Å². The zero-order valence-corrected chi connectivity index (χ0v) is 17.4. The van der Waals surface area contributed by atoms with Crippen LogP contribution in [-0.4, -0.2) is 68.9 Å². The number of guanidine groups is 1. The lowest BCUT2D eigenvalue weighted by Gasteiger charge is -2.37. The number of hydrogen-bond acceptors (Lipinski definition) is 5. The molecule has 1 aromatic heterocycles. The van der Waals surface area contributed by atoms with Gasteiger partial charge in [-0.25, -0.2) is 9.98 Å². The number of nitrogens with one attached hydrogen (secondary N) is 1. The summed E-state index contributed by atoms with van der Waals surface area (Å²) in [7, 11) is 1.66. The highest BCUT2D eigenvalue weighted by atomic mass is 16.5. The van der Waals surface area contributed by atoms with E-state index in [1.165, 1.54) is 5.69 Å². The average molecular weight is 398 g/mol. The Kier molecular flexibility index (Phi) is 8.12. The predicted molar refractivity (Wildman–Crippen MR) is 117 cm³/mol. The van der Waals surface area contributed by atoms with Crippen molar-refractivity contribution < 1.29 is 9.47 Å². The van der Waals surface area contributed by atoms with Crippen LogP contribution in [0.4, 0.5) is 5.69 Å². The third-order valence-corrected chi connectivity index (χ3v) is 4.81. The summed E-state index contributed by atoms with van der Waals surface area (Å²) in [6.45, 7) is 8.30. The first-order valence-corrected chi connectivity index (χ1v) is 10.2. The summed E-state index contributed by atoms with van der Waals surface area (Å²) >= 11 is 0. The Morgan fingerprint density at radius 1 is 1.07 bits per heavy atom. The van der Waals surface area contributed by atoms with E-state index in [1.54, 1.807) is 13.3 Å². The van der Waals surface area contributed by atoms with Gasteiger partial charge in [0.1, 0.15) is 6.61 Å². The average Bonchev–Trinajstić information content (AvgIpc) is 2.78. The molecule has 0 aliphatic carbocycles. The van der Waals surface area contributed by atoms with Crippen LogP contribution < -0.4 is 15.0 Å². The predicted octanol–water partition coefficient (Wildman–Crippen LogP) is 2.39. The van der Waals surface area contributed by atoms with Crippen LogP contribution in [0, 0.1) is 0 Å². The van der Waals surface area contributed by atoms with Crippen molar-refractivity contribution >= 4 is 11.6 Å². The quantitative estimate of drug-likeness (QED) is 0.419. The fourth-order valence-corrected chi connectivity index (χ4v) is 3.30. The van der Waals surface area contributed by atoms with E-state index in [-0.39, 0.29) is 0 Å². The third kappa shape index (κ3) is 6.09. The standard InChI is InChI=1S/C22H31N5O2/c1-3-23-22(25-18-19-8-7-11-24-21(19)29-17-16-28-2)27-14-12-26(13-15-27)20-9-5-4-6-10-20/h4-11H,3,12-18H2,1-2H3,(H,23,25). The zero-order valence-electron chi connectivity index (χ0n) is 17.4. The summed E-state index contributed by atoms with van der Waals surface area (Å²) in [5, 5.41) is 3.43. The highest BCUT2D eigenvalue weighted by Crippen LogP contribution is 2.17. The van der Waals surface area contributed by atoms with Gasteiger partial charge >= 0.3 is 0 Å². The van der Waals surface area contributed by atoms with Crippen molar-refractivity contribution in [2.75, 3.05) is 57.9 Å². The van der Waals surface area contributed by atoms with Gasteiger partial charge < -0.3 is 24.6 Å². The molecule has 2 aromatic rings. The first kappa shape index (κ1) is 20.9. The largest absolute Gasteiger partial charge is 0.475 e. The molecule has 3 rings (SSSR count). The van der Waals surface area contributed by atoms with E-state index < -0.39 is 0 Å². The molecule has 7 heteroatoms. The summed E-state index contributed by atoms with van der Waals surface area (Å²) in [6, 6.07) is 14.5. The molecule has 0 spiro atoms. The van der Waals surface area contributed by atoms with E-state index in [1.807, 2.05) is 12.1 Å². The smallest absolute Gasteiger partial charge is 0.218 e. The number of benzene rings is 1. The molecule has 0 amide bonds. The molecule has 29 heavy (non-hydrogen) atoms. The van der Waals surface area contributed by atoms with Gasteiger partial charge in [-0.2, -0.15) is 0 Å². The van der Waals surface area contributed by atoms with Gasteiger partial charge in [0.15, 0.2) is 5.96 Å². The first-order valence-electron chi connectivity index (χ1n) is 10.2. The number of pyridine rings is 1. The Labute approximate surface area is 173 Å². The lowest BCUT2D eigenvalue weighted by atomic mass is 10.2. The van der Waals surface area contributed by atoms with Crippen LogP contribution in [0.1, 0.15) is 12.5 Å². The number of piperazine rings is 1. The Morgan fingerprint density at radius 2 is 1.86 bits per heavy atom. The minimum Gasteiger partial charge on any atom is -0.475 e. The normalized spacial score (nSPS) is 14.8. The summed E-state index contributed by atoms with van der Waals surface area (Å²) in [5.74, 6) is 1.56. The molecule has 1 aromatic carbocycles. The van der Waals surface area contributed by atoms with Crippen molar-refractivity contribution in [1.82, 2.24) is 15.2 Å². The van der Waals surface area contributed by atoms with Crippen molar-refractivity contribution in [3.05, 3.63) is 54.2 Å². The number of hydrogen-bond donors (Lipinski definition) is 1. The second-order valence-corrected chi connectivity index (χ2v) is 6.79. The Morgan fingerprint density at radius 3 is 2.59 bits per heavy atom. The molecule has 0 unspecified atom stereocenters. The van der Waals surface area contributed by atoms with Crippen LogP contribution in [0.25, 0.3) is 0 Å². The van der Waals surface area contributed by atoms with Gasteiger partial charge in [-0.1, -0.05) is 24.3 Å². The van der Waals surface area contributed by atoms with E-state index >= 15 is 0 Å². The number of ether oxygens (including phenoxy) is 2. The highest BCUT2D eigenvalue weighted by Gasteiger charge is 2.19. The van der Waals surface area contributed by atoms with Crippen LogP contribution >= 0.6 is 0 Å². The van der Waals surface area contributed by atoms with Crippen molar-refractivity contribution in [3.63, 3.8) is 0 Å². The van der Waals surface area contributed by atoms with Gasteiger partial charge in [-0.05, 0) is 25.1 Å². The molecule has 1 aliphatic rings. The molecule has 1 fully saturated rings. The van der Waals surface area contributed by atoms with Crippen molar-refractivity contribution in [1.29, 1.82) is 0 Å². The third-order valence-electron chi connectivity index (χ3n) is 4.81. The molecule has 0 saturated carbocycles. The maximum Gasteiger partial charge on any atom is 0.218 e. The fourth-order valence-electron chi connectivity index (χ4n) is 3.30. The molecule has 156 valence electrons. The Balaban J connectivity index is 1.62. The summed E-state index contributed by atoms with van der Waals surface area (Å²) in [5.41, 5.74) is 2.25. The molecule has 0 bridgehead atoms. The monoisotopic (exact) mass is 397 g/mol. The molecule has 0 atom stereocenters. The van der Waals surface area contributed by atoms with Gasteiger partial charge in [0.2, 0.25) is 5.88 Å². The van der Waals surface area contributed by atoms with Crippen LogP contribution in [0.3, 0.4) is 0 Å². The highest BCUT2D eigenvalue weighted by molar-refractivity contribution is 5.80. The molecule has 2 heterocycles. The topological polar surface area (TPSA) is 62.2 Å². The molecular formula is C22H31N5O2. The number of aliphatic imine (C=N–C) groups is 1. The van der Waals surface area contributed by atoms with E-state index in [4.69, 9.17) is 14.5 Å². The Hall–Kier alpha value is -2.80. The van der Waals surface area contributed by atoms with Gasteiger partial charge in [0.25, 0.3) is 0 Å². The van der Waals surface area contributed by atoms with E-state index in [9.17, 15) is 0 Å². The number of aromatic nitrogens is 1. The van der Waals surface area contributed by atoms with Gasteiger partial charge in [0, 0.05) is 57.3 Å². The Bertz CT molecular complexity index is 761. The van der Waals surface area contributed by atoms with Gasteiger partial charge in [-0.15, -0.1) is 0 Å². The van der Waals surface area contributed by atoms with Gasteiger partial charge in [-0.3, -0.25) is 0 Å². The van der Waals surface area contributed by atoms with Crippen LogP contribution in [0.5, 0.6) is 5.88 Å². The van der Waals surface area contributed by atoms with Crippen molar-refractivity contribution in [2.45, 2.75) is 13.5 Å². The van der Waals surface area contributed by atoms with Gasteiger partial charge in [0.05, 0.1) is 13.2 Å². The van der Waals surface area contributed by atoms with Crippen LogP contribution in [0.15, 0.2) is 53.7 Å². The number of nitrogens with zero attached hydrogens (tertiary/aromatic N) is 4. The minimum atomic E-state index is 0.478. The molecule has 0 radical (unpaired) electrons. The minimum absolute atomic E-state index is 0.478. The molecule has 1 N–H and O–H groups in total.